The van der Waals surface area contributed by atoms with E-state index in [9.17, 15) is 9.90 Å². The molecule has 0 saturated carbocycles. The van der Waals surface area contributed by atoms with Gasteiger partial charge in [0, 0.05) is 38.8 Å². The van der Waals surface area contributed by atoms with E-state index in [2.05, 4.69) is 20.2 Å². The fourth-order valence-electron chi connectivity index (χ4n) is 3.80. The molecule has 2 N–H and O–H groups in total. The number of hydrogen-bond donors (Lipinski definition) is 2. The van der Waals surface area contributed by atoms with Gasteiger partial charge in [0.2, 0.25) is 0 Å². The van der Waals surface area contributed by atoms with Crippen molar-refractivity contribution in [2.45, 2.75) is 13.0 Å². The number of aliphatic hydroxyl groups is 1. The van der Waals surface area contributed by atoms with E-state index in [-0.39, 0.29) is 12.1 Å². The molecule has 0 bridgehead atoms. The van der Waals surface area contributed by atoms with Gasteiger partial charge in [0.15, 0.2) is 11.5 Å². The van der Waals surface area contributed by atoms with E-state index in [0.29, 0.717) is 40.5 Å². The molecule has 0 spiro atoms. The van der Waals surface area contributed by atoms with Crippen molar-refractivity contribution in [3.8, 4) is 22.8 Å². The number of nitrogens with zero attached hydrogens (tertiary/aromatic N) is 4. The summed E-state index contributed by atoms with van der Waals surface area (Å²) >= 11 is 0. The van der Waals surface area contributed by atoms with Crippen LogP contribution in [0.1, 0.15) is 6.92 Å². The van der Waals surface area contributed by atoms with Crippen molar-refractivity contribution in [1.29, 1.82) is 0 Å². The molecule has 0 aliphatic carbocycles. The van der Waals surface area contributed by atoms with Crippen molar-refractivity contribution in [2.75, 3.05) is 58.4 Å². The molecule has 1 aromatic carbocycles. The summed E-state index contributed by atoms with van der Waals surface area (Å²) in [5, 5.41) is 13.2. The van der Waals surface area contributed by atoms with Crippen molar-refractivity contribution >= 4 is 16.7 Å². The Bertz CT molecular complexity index is 1190. The van der Waals surface area contributed by atoms with Gasteiger partial charge in [-0.1, -0.05) is 0 Å². The van der Waals surface area contributed by atoms with Crippen molar-refractivity contribution in [3.63, 3.8) is 0 Å². The normalized spacial score (nSPS) is 15.3. The van der Waals surface area contributed by atoms with Gasteiger partial charge in [-0.2, -0.15) is 0 Å². The summed E-state index contributed by atoms with van der Waals surface area (Å²) in [5.41, 5.74) is 1.73. The molecular formula is C24H31N5O5. The van der Waals surface area contributed by atoms with Crippen LogP contribution in [0.3, 0.4) is 0 Å². The van der Waals surface area contributed by atoms with Crippen LogP contribution in [-0.2, 0) is 11.8 Å². The molecule has 3 heterocycles. The number of benzene rings is 1. The summed E-state index contributed by atoms with van der Waals surface area (Å²) < 4.78 is 18.4. The minimum Gasteiger partial charge on any atom is -0.493 e. The van der Waals surface area contributed by atoms with Crippen LogP contribution in [0.25, 0.3) is 22.2 Å². The van der Waals surface area contributed by atoms with Gasteiger partial charge in [-0.05, 0) is 31.2 Å². The number of nitrogens with one attached hydrogen (secondary N) is 1. The number of ether oxygens (including phenoxy) is 3. The molecule has 1 aliphatic rings. The monoisotopic (exact) mass is 469 g/mol. The third kappa shape index (κ3) is 5.46. The summed E-state index contributed by atoms with van der Waals surface area (Å²) in [6.07, 6.45) is 0.883. The molecule has 0 unspecified atom stereocenters. The SMILES string of the molecule is COc1cc(-c2cc3ncn(C)c(=O)c3c(NC[C@H](C)O)n2)ccc1OCCN1CCOCC1. The standard InChI is InChI=1S/C24H31N5O5/c1-16(30)14-25-23-22-19(26-15-28(2)24(22)31)13-18(27-23)17-4-5-20(21(12-17)32-3)34-11-8-29-6-9-33-10-7-29/h4-5,12-13,15-16,30H,6-11,14H2,1-3H3,(H,25,27)/t16-/m0/s1. The summed E-state index contributed by atoms with van der Waals surface area (Å²) in [6.45, 7) is 6.62. The Kier molecular flexibility index (Phi) is 7.61. The van der Waals surface area contributed by atoms with Gasteiger partial charge >= 0.3 is 0 Å². The molecule has 4 rings (SSSR count). The van der Waals surface area contributed by atoms with E-state index in [1.807, 2.05) is 18.2 Å². The smallest absolute Gasteiger partial charge is 0.264 e. The van der Waals surface area contributed by atoms with E-state index in [1.165, 1.54) is 10.9 Å². The van der Waals surface area contributed by atoms with E-state index in [1.54, 1.807) is 27.1 Å². The number of anilines is 1. The topological polar surface area (TPSA) is 111 Å². The molecule has 3 aromatic rings. The van der Waals surface area contributed by atoms with Crippen LogP contribution in [0.2, 0.25) is 0 Å². The number of fused-ring (bicyclic) bond motifs is 1. The number of aliphatic hydroxyl groups excluding tert-OH is 1. The fourth-order valence-corrected chi connectivity index (χ4v) is 3.80. The first-order valence-electron chi connectivity index (χ1n) is 11.4. The highest BCUT2D eigenvalue weighted by molar-refractivity contribution is 5.91. The van der Waals surface area contributed by atoms with Crippen molar-refractivity contribution in [3.05, 3.63) is 40.9 Å². The Morgan fingerprint density at radius 3 is 2.76 bits per heavy atom. The van der Waals surface area contributed by atoms with Gasteiger partial charge in [-0.3, -0.25) is 9.69 Å². The van der Waals surface area contributed by atoms with Gasteiger partial charge in [0.1, 0.15) is 17.8 Å². The maximum Gasteiger partial charge on any atom is 0.264 e. The van der Waals surface area contributed by atoms with Crippen LogP contribution in [-0.4, -0.2) is 83.8 Å². The van der Waals surface area contributed by atoms with Crippen molar-refractivity contribution in [1.82, 2.24) is 19.4 Å². The molecule has 1 fully saturated rings. The lowest BCUT2D eigenvalue weighted by Crippen LogP contribution is -2.38. The van der Waals surface area contributed by atoms with E-state index in [4.69, 9.17) is 14.2 Å². The number of aryl methyl sites for hydroxylation is 1. The van der Waals surface area contributed by atoms with Gasteiger partial charge in [-0.25, -0.2) is 9.97 Å². The third-order valence-electron chi connectivity index (χ3n) is 5.70. The predicted octanol–water partition coefficient (Wildman–Crippen LogP) is 1.51. The molecule has 2 aromatic heterocycles. The molecule has 34 heavy (non-hydrogen) atoms. The van der Waals surface area contributed by atoms with Gasteiger partial charge < -0.3 is 29.2 Å². The first-order valence-corrected chi connectivity index (χ1v) is 11.4. The molecular weight excluding hydrogens is 438 g/mol. The largest absolute Gasteiger partial charge is 0.493 e. The van der Waals surface area contributed by atoms with Crippen molar-refractivity contribution in [2.24, 2.45) is 7.05 Å². The maximum absolute atomic E-state index is 12.7. The second kappa shape index (κ2) is 10.8. The van der Waals surface area contributed by atoms with Crippen LogP contribution < -0.4 is 20.3 Å². The lowest BCUT2D eigenvalue weighted by Gasteiger charge is -2.26. The fraction of sp³-hybridized carbons (Fsp3) is 0.458. The average Bonchev–Trinajstić information content (AvgIpc) is 2.85. The Morgan fingerprint density at radius 2 is 2.03 bits per heavy atom. The number of rotatable bonds is 9. The number of methoxy groups -OCH3 is 1. The number of pyridine rings is 1. The zero-order valence-electron chi connectivity index (χ0n) is 19.8. The molecule has 0 amide bonds. The molecule has 10 heteroatoms. The molecule has 182 valence electrons. The van der Waals surface area contributed by atoms with E-state index < -0.39 is 6.10 Å². The first kappa shape index (κ1) is 23.9. The molecule has 1 saturated heterocycles. The zero-order valence-corrected chi connectivity index (χ0v) is 19.8. The lowest BCUT2D eigenvalue weighted by molar-refractivity contribution is 0.0321. The average molecular weight is 470 g/mol. The Hall–Kier alpha value is -3.21. The zero-order chi connectivity index (χ0) is 24.1. The second-order valence-electron chi connectivity index (χ2n) is 8.31. The lowest BCUT2D eigenvalue weighted by atomic mass is 10.1. The van der Waals surface area contributed by atoms with Crippen LogP contribution in [0.15, 0.2) is 35.4 Å². The molecule has 1 aliphatic heterocycles. The van der Waals surface area contributed by atoms with Crippen LogP contribution in [0.5, 0.6) is 11.5 Å². The quantitative estimate of drug-likeness (QED) is 0.482. The maximum atomic E-state index is 12.7. The Balaban J connectivity index is 1.61. The Labute approximate surface area is 198 Å². The van der Waals surface area contributed by atoms with E-state index in [0.717, 1.165) is 38.4 Å². The summed E-state index contributed by atoms with van der Waals surface area (Å²) in [5.74, 6) is 1.63. The van der Waals surface area contributed by atoms with Gasteiger partial charge in [-0.15, -0.1) is 0 Å². The van der Waals surface area contributed by atoms with Crippen LogP contribution >= 0.6 is 0 Å². The summed E-state index contributed by atoms with van der Waals surface area (Å²) in [7, 11) is 3.24. The summed E-state index contributed by atoms with van der Waals surface area (Å²) in [4.78, 5) is 24.1. The van der Waals surface area contributed by atoms with Gasteiger partial charge in [0.25, 0.3) is 5.56 Å². The summed E-state index contributed by atoms with van der Waals surface area (Å²) in [6, 6.07) is 7.40. The number of hydrogen-bond acceptors (Lipinski definition) is 9. The van der Waals surface area contributed by atoms with Gasteiger partial charge in [0.05, 0.1) is 44.0 Å². The second-order valence-corrected chi connectivity index (χ2v) is 8.31. The third-order valence-corrected chi connectivity index (χ3v) is 5.70. The Morgan fingerprint density at radius 1 is 1.24 bits per heavy atom. The highest BCUT2D eigenvalue weighted by Gasteiger charge is 2.16. The van der Waals surface area contributed by atoms with E-state index >= 15 is 0 Å². The molecule has 1 atom stereocenters. The molecule has 0 radical (unpaired) electrons. The first-order chi connectivity index (χ1) is 16.5. The minimum absolute atomic E-state index is 0.210. The van der Waals surface area contributed by atoms with Crippen LogP contribution in [0, 0.1) is 0 Å². The highest BCUT2D eigenvalue weighted by atomic mass is 16.5. The number of morpholine rings is 1. The number of aromatic nitrogens is 3. The molecule has 10 nitrogen and oxygen atoms in total. The van der Waals surface area contributed by atoms with Crippen LogP contribution in [0.4, 0.5) is 5.82 Å². The predicted molar refractivity (Wildman–Crippen MR) is 130 cm³/mol. The minimum atomic E-state index is -0.602. The highest BCUT2D eigenvalue weighted by Crippen LogP contribution is 2.33. The van der Waals surface area contributed by atoms with Crippen molar-refractivity contribution < 1.29 is 19.3 Å².